The van der Waals surface area contributed by atoms with E-state index in [2.05, 4.69) is 27.1 Å². The molecule has 1 aliphatic rings. The third-order valence-corrected chi connectivity index (χ3v) is 3.56. The van der Waals surface area contributed by atoms with E-state index in [0.29, 0.717) is 0 Å². The molecule has 104 valence electrons. The Kier molecular flexibility index (Phi) is 3.60. The van der Waals surface area contributed by atoms with Crippen molar-refractivity contribution in [3.8, 4) is 0 Å². The molecule has 1 aliphatic heterocycles. The highest BCUT2D eigenvalue weighted by molar-refractivity contribution is 5.63. The van der Waals surface area contributed by atoms with Gasteiger partial charge in [0.05, 0.1) is 5.69 Å². The van der Waals surface area contributed by atoms with E-state index in [9.17, 15) is 4.39 Å². The largest absolute Gasteiger partial charge is 0.326 e. The molecule has 3 rings (SSSR count). The van der Waals surface area contributed by atoms with Gasteiger partial charge in [0.25, 0.3) is 0 Å². The molecule has 4 nitrogen and oxygen atoms in total. The molecule has 5 heteroatoms. The molecule has 0 saturated carbocycles. The predicted octanol–water partition coefficient (Wildman–Crippen LogP) is 2.42. The Morgan fingerprint density at radius 3 is 2.80 bits per heavy atom. The lowest BCUT2D eigenvalue weighted by molar-refractivity contribution is 0.623. The van der Waals surface area contributed by atoms with Crippen LogP contribution >= 0.6 is 0 Å². The molecule has 20 heavy (non-hydrogen) atoms. The minimum Gasteiger partial charge on any atom is -0.326 e. The molecule has 0 radical (unpaired) electrons. The lowest BCUT2D eigenvalue weighted by Crippen LogP contribution is -2.28. The maximum Gasteiger partial charge on any atom is 0.141 e. The highest BCUT2D eigenvalue weighted by atomic mass is 19.1. The average molecular weight is 272 g/mol. The van der Waals surface area contributed by atoms with Gasteiger partial charge in [-0.2, -0.15) is 0 Å². The minimum atomic E-state index is -0.226. The molecule has 2 heterocycles. The zero-order valence-electron chi connectivity index (χ0n) is 11.4. The van der Waals surface area contributed by atoms with E-state index in [1.54, 1.807) is 18.5 Å². The molecular formula is C15H17FN4. The Labute approximate surface area is 117 Å². The van der Waals surface area contributed by atoms with Gasteiger partial charge in [0.15, 0.2) is 0 Å². The van der Waals surface area contributed by atoms with Crippen LogP contribution in [0, 0.1) is 5.82 Å². The van der Waals surface area contributed by atoms with E-state index in [-0.39, 0.29) is 5.82 Å². The van der Waals surface area contributed by atoms with Crippen molar-refractivity contribution in [2.75, 3.05) is 18.0 Å². The monoisotopic (exact) mass is 272 g/mol. The highest BCUT2D eigenvalue weighted by Crippen LogP contribution is 2.28. The van der Waals surface area contributed by atoms with E-state index < -0.39 is 0 Å². The first-order valence-electron chi connectivity index (χ1n) is 6.86. The summed E-state index contributed by atoms with van der Waals surface area (Å²) in [7, 11) is 0. The molecule has 0 spiro atoms. The second kappa shape index (κ2) is 5.54. The summed E-state index contributed by atoms with van der Waals surface area (Å²) >= 11 is 0. The van der Waals surface area contributed by atoms with Gasteiger partial charge in [0.2, 0.25) is 0 Å². The molecule has 0 aliphatic carbocycles. The van der Waals surface area contributed by atoms with Gasteiger partial charge in [0.1, 0.15) is 18.0 Å². The van der Waals surface area contributed by atoms with Crippen molar-refractivity contribution in [3.63, 3.8) is 0 Å². The molecule has 1 N–H and O–H groups in total. The van der Waals surface area contributed by atoms with Gasteiger partial charge in [-0.25, -0.2) is 14.4 Å². The normalized spacial score (nSPS) is 13.9. The van der Waals surface area contributed by atoms with Crippen molar-refractivity contribution < 1.29 is 4.39 Å². The summed E-state index contributed by atoms with van der Waals surface area (Å²) in [6, 6.07) is 6.51. The van der Waals surface area contributed by atoms with Crippen LogP contribution in [0.2, 0.25) is 0 Å². The Balaban J connectivity index is 2.03. The summed E-state index contributed by atoms with van der Waals surface area (Å²) in [5.74, 6) is 0.687. The van der Waals surface area contributed by atoms with Crippen LogP contribution in [0.1, 0.15) is 18.2 Å². The van der Waals surface area contributed by atoms with Crippen LogP contribution in [0.4, 0.5) is 15.9 Å². The van der Waals surface area contributed by atoms with Crippen molar-refractivity contribution in [2.24, 2.45) is 0 Å². The lowest BCUT2D eigenvalue weighted by Gasteiger charge is -2.27. The van der Waals surface area contributed by atoms with Crippen LogP contribution in [0.25, 0.3) is 0 Å². The molecule has 1 aromatic heterocycles. The lowest BCUT2D eigenvalue weighted by atomic mass is 10.1. The number of rotatable bonds is 3. The summed E-state index contributed by atoms with van der Waals surface area (Å²) in [5, 5.41) is 3.35. The molecule has 0 fully saturated rings. The second-order valence-corrected chi connectivity index (χ2v) is 4.77. The summed E-state index contributed by atoms with van der Waals surface area (Å²) in [5.41, 5.74) is 3.19. The zero-order chi connectivity index (χ0) is 13.9. The number of aromatic nitrogens is 2. The standard InChI is InChI=1S/C15H17FN4/c1-2-20(12-5-3-11(16)4-6-12)15-13-9-17-8-7-14(13)18-10-19-15/h3-6,10,17H,2,7-9H2,1H3. The molecule has 0 unspecified atom stereocenters. The van der Waals surface area contributed by atoms with E-state index in [4.69, 9.17) is 0 Å². The first-order valence-corrected chi connectivity index (χ1v) is 6.86. The summed E-state index contributed by atoms with van der Waals surface area (Å²) in [6.45, 7) is 4.57. The van der Waals surface area contributed by atoms with Gasteiger partial charge in [-0.1, -0.05) is 0 Å². The van der Waals surface area contributed by atoms with Gasteiger partial charge in [-0.15, -0.1) is 0 Å². The maximum atomic E-state index is 13.1. The average Bonchev–Trinajstić information content (AvgIpc) is 2.50. The number of anilines is 2. The fraction of sp³-hybridized carbons (Fsp3) is 0.333. The van der Waals surface area contributed by atoms with Gasteiger partial charge >= 0.3 is 0 Å². The number of nitrogens with zero attached hydrogens (tertiary/aromatic N) is 3. The van der Waals surface area contributed by atoms with Crippen LogP contribution in [0.15, 0.2) is 30.6 Å². The van der Waals surface area contributed by atoms with Crippen LogP contribution in [-0.4, -0.2) is 23.1 Å². The van der Waals surface area contributed by atoms with Crippen molar-refractivity contribution in [2.45, 2.75) is 19.9 Å². The van der Waals surface area contributed by atoms with E-state index in [1.807, 2.05) is 0 Å². The maximum absolute atomic E-state index is 13.1. The molecule has 0 bridgehead atoms. The van der Waals surface area contributed by atoms with Gasteiger partial charge < -0.3 is 10.2 Å². The number of fused-ring (bicyclic) bond motifs is 1. The topological polar surface area (TPSA) is 41.1 Å². The highest BCUT2D eigenvalue weighted by Gasteiger charge is 2.19. The molecule has 0 amide bonds. The fourth-order valence-corrected chi connectivity index (χ4v) is 2.56. The van der Waals surface area contributed by atoms with Crippen LogP contribution in [0.5, 0.6) is 0 Å². The smallest absolute Gasteiger partial charge is 0.141 e. The summed E-state index contributed by atoms with van der Waals surface area (Å²) < 4.78 is 13.1. The number of nitrogens with one attached hydrogen (secondary N) is 1. The number of hydrogen-bond donors (Lipinski definition) is 1. The molecule has 0 atom stereocenters. The molecule has 0 saturated heterocycles. The Morgan fingerprint density at radius 2 is 2.05 bits per heavy atom. The van der Waals surface area contributed by atoms with Gasteiger partial charge in [0, 0.05) is 37.3 Å². The summed E-state index contributed by atoms with van der Waals surface area (Å²) in [6.07, 6.45) is 2.54. The SMILES string of the molecule is CCN(c1ccc(F)cc1)c1ncnc2c1CNCC2. The van der Waals surface area contributed by atoms with E-state index >= 15 is 0 Å². The van der Waals surface area contributed by atoms with Crippen LogP contribution in [0.3, 0.4) is 0 Å². The molecule has 2 aromatic rings. The molecular weight excluding hydrogens is 255 g/mol. The Bertz CT molecular complexity index is 597. The second-order valence-electron chi connectivity index (χ2n) is 4.77. The van der Waals surface area contributed by atoms with Gasteiger partial charge in [-0.3, -0.25) is 0 Å². The number of benzene rings is 1. The van der Waals surface area contributed by atoms with Crippen molar-refractivity contribution in [1.82, 2.24) is 15.3 Å². The van der Waals surface area contributed by atoms with E-state index in [0.717, 1.165) is 48.8 Å². The predicted molar refractivity (Wildman–Crippen MR) is 76.5 cm³/mol. The first kappa shape index (κ1) is 13.0. The van der Waals surface area contributed by atoms with E-state index in [1.165, 1.54) is 12.1 Å². The van der Waals surface area contributed by atoms with Gasteiger partial charge in [-0.05, 0) is 31.2 Å². The van der Waals surface area contributed by atoms with Crippen LogP contribution in [-0.2, 0) is 13.0 Å². The van der Waals surface area contributed by atoms with Crippen LogP contribution < -0.4 is 10.2 Å². The first-order chi connectivity index (χ1) is 9.79. The minimum absolute atomic E-state index is 0.226. The zero-order valence-corrected chi connectivity index (χ0v) is 11.4. The number of halogens is 1. The quantitative estimate of drug-likeness (QED) is 0.931. The van der Waals surface area contributed by atoms with Crippen molar-refractivity contribution in [3.05, 3.63) is 47.7 Å². The van der Waals surface area contributed by atoms with Crippen molar-refractivity contribution in [1.29, 1.82) is 0 Å². The third kappa shape index (κ3) is 2.36. The number of hydrogen-bond acceptors (Lipinski definition) is 4. The Morgan fingerprint density at radius 1 is 1.25 bits per heavy atom. The summed E-state index contributed by atoms with van der Waals surface area (Å²) in [4.78, 5) is 10.9. The fourth-order valence-electron chi connectivity index (χ4n) is 2.56. The van der Waals surface area contributed by atoms with Crippen molar-refractivity contribution >= 4 is 11.5 Å². The third-order valence-electron chi connectivity index (χ3n) is 3.56. The molecule has 1 aromatic carbocycles. The Hall–Kier alpha value is -2.01.